The minimum absolute atomic E-state index is 0.0520. The van der Waals surface area contributed by atoms with Crippen LogP contribution in [0.1, 0.15) is 24.9 Å². The number of morpholine rings is 1. The Morgan fingerprint density at radius 1 is 1.28 bits per heavy atom. The van der Waals surface area contributed by atoms with Gasteiger partial charge in [-0.15, -0.1) is 0 Å². The maximum absolute atomic E-state index is 12.5. The lowest BCUT2D eigenvalue weighted by Gasteiger charge is -2.35. The molecule has 2 amide bonds. The van der Waals surface area contributed by atoms with Gasteiger partial charge in [0.25, 0.3) is 0 Å². The lowest BCUT2D eigenvalue weighted by atomic mass is 10.0. The van der Waals surface area contributed by atoms with Gasteiger partial charge < -0.3 is 19.7 Å². The van der Waals surface area contributed by atoms with Crippen LogP contribution in [0.4, 0.5) is 4.79 Å². The predicted octanol–water partition coefficient (Wildman–Crippen LogP) is 2.12. The Hall–Kier alpha value is -1.79. The van der Waals surface area contributed by atoms with Gasteiger partial charge in [0.15, 0.2) is 0 Å². The second-order valence-corrected chi connectivity index (χ2v) is 6.96. The van der Waals surface area contributed by atoms with Crippen molar-refractivity contribution < 1.29 is 14.3 Å². The number of methoxy groups -OCH3 is 1. The van der Waals surface area contributed by atoms with Gasteiger partial charge in [-0.05, 0) is 30.0 Å². The molecule has 138 valence electrons. The summed E-state index contributed by atoms with van der Waals surface area (Å²) in [5.41, 5.74) is 1.19. The zero-order valence-corrected chi connectivity index (χ0v) is 15.2. The Bertz CT molecular complexity index is 558. The topological polar surface area (TPSA) is 54.0 Å². The van der Waals surface area contributed by atoms with E-state index in [1.54, 1.807) is 7.11 Å². The molecule has 2 fully saturated rings. The summed E-state index contributed by atoms with van der Waals surface area (Å²) in [7, 11) is 1.67. The van der Waals surface area contributed by atoms with Gasteiger partial charge in [0.1, 0.15) is 5.75 Å². The number of nitrogens with zero attached hydrogens (tertiary/aromatic N) is 2. The van der Waals surface area contributed by atoms with Gasteiger partial charge >= 0.3 is 6.03 Å². The van der Waals surface area contributed by atoms with E-state index in [9.17, 15) is 4.79 Å². The van der Waals surface area contributed by atoms with E-state index in [0.717, 1.165) is 51.6 Å². The third-order valence-corrected chi connectivity index (χ3v) is 5.14. The molecule has 25 heavy (non-hydrogen) atoms. The fraction of sp³-hybridized carbons (Fsp3) is 0.632. The molecule has 6 heteroatoms. The van der Waals surface area contributed by atoms with E-state index in [2.05, 4.69) is 29.3 Å². The average Bonchev–Trinajstić information content (AvgIpc) is 3.10. The number of carbonyl (C=O) groups is 1. The largest absolute Gasteiger partial charge is 0.497 e. The maximum Gasteiger partial charge on any atom is 0.317 e. The van der Waals surface area contributed by atoms with E-state index in [-0.39, 0.29) is 12.1 Å². The molecule has 0 aromatic heterocycles. The van der Waals surface area contributed by atoms with Crippen LogP contribution in [-0.4, -0.2) is 68.9 Å². The van der Waals surface area contributed by atoms with Crippen LogP contribution in [0.2, 0.25) is 0 Å². The number of hydrogen-bond donors (Lipinski definition) is 1. The van der Waals surface area contributed by atoms with Crippen LogP contribution in [0.5, 0.6) is 5.75 Å². The van der Waals surface area contributed by atoms with Crippen molar-refractivity contribution in [1.82, 2.24) is 15.1 Å². The van der Waals surface area contributed by atoms with Gasteiger partial charge in [0, 0.05) is 32.7 Å². The van der Waals surface area contributed by atoms with Crippen LogP contribution in [0.3, 0.4) is 0 Å². The Morgan fingerprint density at radius 3 is 2.60 bits per heavy atom. The van der Waals surface area contributed by atoms with Crippen molar-refractivity contribution >= 4 is 6.03 Å². The minimum Gasteiger partial charge on any atom is -0.497 e. The highest BCUT2D eigenvalue weighted by molar-refractivity contribution is 5.74. The van der Waals surface area contributed by atoms with E-state index < -0.39 is 0 Å². The number of hydrogen-bond acceptors (Lipinski definition) is 4. The highest BCUT2D eigenvalue weighted by atomic mass is 16.5. The third kappa shape index (κ3) is 4.64. The zero-order chi connectivity index (χ0) is 17.6. The molecule has 2 unspecified atom stereocenters. The van der Waals surface area contributed by atoms with Crippen LogP contribution in [0, 0.1) is 5.92 Å². The van der Waals surface area contributed by atoms with E-state index in [4.69, 9.17) is 9.47 Å². The van der Waals surface area contributed by atoms with Crippen molar-refractivity contribution in [3.8, 4) is 5.75 Å². The number of rotatable bonds is 5. The van der Waals surface area contributed by atoms with Gasteiger partial charge in [-0.2, -0.15) is 0 Å². The number of carbonyl (C=O) groups excluding carboxylic acids is 1. The predicted molar refractivity (Wildman–Crippen MR) is 96.9 cm³/mol. The summed E-state index contributed by atoms with van der Waals surface area (Å²) in [4.78, 5) is 16.8. The molecule has 2 aliphatic rings. The van der Waals surface area contributed by atoms with Crippen LogP contribution in [-0.2, 0) is 4.74 Å². The van der Waals surface area contributed by atoms with E-state index in [1.807, 2.05) is 17.0 Å². The first-order chi connectivity index (χ1) is 12.2. The number of benzene rings is 1. The van der Waals surface area contributed by atoms with Gasteiger partial charge in [-0.1, -0.05) is 19.1 Å². The Labute approximate surface area is 150 Å². The molecule has 1 aromatic carbocycles. The quantitative estimate of drug-likeness (QED) is 0.886. The molecular weight excluding hydrogens is 318 g/mol. The molecule has 6 nitrogen and oxygen atoms in total. The second-order valence-electron chi connectivity index (χ2n) is 6.96. The van der Waals surface area contributed by atoms with Gasteiger partial charge in [-0.25, -0.2) is 4.79 Å². The van der Waals surface area contributed by atoms with Crippen molar-refractivity contribution in [1.29, 1.82) is 0 Å². The fourth-order valence-corrected chi connectivity index (χ4v) is 3.59. The fourth-order valence-electron chi connectivity index (χ4n) is 3.59. The normalized spacial score (nSPS) is 22.6. The number of likely N-dealkylation sites (tertiary alicyclic amines) is 1. The molecule has 0 aliphatic carbocycles. The summed E-state index contributed by atoms with van der Waals surface area (Å²) in [6.45, 7) is 7.76. The number of ether oxygens (including phenoxy) is 2. The molecule has 2 heterocycles. The first kappa shape index (κ1) is 18.0. The van der Waals surface area contributed by atoms with Crippen molar-refractivity contribution in [3.63, 3.8) is 0 Å². The standard InChI is InChI=1S/C19H29N3O3/c1-15-7-8-22(14-15)19(23)20-13-18(21-9-11-25-12-10-21)16-3-5-17(24-2)6-4-16/h3-6,15,18H,7-14H2,1-2H3,(H,20,23). The van der Waals surface area contributed by atoms with Crippen LogP contribution in [0.25, 0.3) is 0 Å². The van der Waals surface area contributed by atoms with Crippen molar-refractivity contribution in [2.75, 3.05) is 53.0 Å². The molecular formula is C19H29N3O3. The van der Waals surface area contributed by atoms with Gasteiger partial charge in [0.2, 0.25) is 0 Å². The Balaban J connectivity index is 1.66. The first-order valence-electron chi connectivity index (χ1n) is 9.16. The minimum atomic E-state index is 0.0520. The Morgan fingerprint density at radius 2 is 2.00 bits per heavy atom. The summed E-state index contributed by atoms with van der Waals surface area (Å²) in [6.07, 6.45) is 1.10. The summed E-state index contributed by atoms with van der Waals surface area (Å²) in [5.74, 6) is 1.45. The van der Waals surface area contributed by atoms with Crippen LogP contribution < -0.4 is 10.1 Å². The summed E-state index contributed by atoms with van der Waals surface area (Å²) in [5, 5.41) is 3.14. The van der Waals surface area contributed by atoms with Crippen LogP contribution >= 0.6 is 0 Å². The molecule has 2 atom stereocenters. The van der Waals surface area contributed by atoms with E-state index in [0.29, 0.717) is 12.5 Å². The zero-order valence-electron chi connectivity index (χ0n) is 15.2. The summed E-state index contributed by atoms with van der Waals surface area (Å²) in [6, 6.07) is 8.33. The SMILES string of the molecule is COc1ccc(C(CNC(=O)N2CCC(C)C2)N2CCOCC2)cc1. The molecule has 1 aromatic rings. The molecule has 0 spiro atoms. The highest BCUT2D eigenvalue weighted by Crippen LogP contribution is 2.24. The smallest absolute Gasteiger partial charge is 0.317 e. The number of nitrogens with one attached hydrogen (secondary N) is 1. The molecule has 1 N–H and O–H groups in total. The molecule has 2 saturated heterocycles. The third-order valence-electron chi connectivity index (χ3n) is 5.14. The Kier molecular flexibility index (Phi) is 6.15. The lowest BCUT2D eigenvalue weighted by molar-refractivity contribution is 0.0165. The van der Waals surface area contributed by atoms with Gasteiger partial charge in [0.05, 0.1) is 26.4 Å². The molecule has 0 radical (unpaired) electrons. The van der Waals surface area contributed by atoms with Crippen molar-refractivity contribution in [2.45, 2.75) is 19.4 Å². The highest BCUT2D eigenvalue weighted by Gasteiger charge is 2.26. The summed E-state index contributed by atoms with van der Waals surface area (Å²) < 4.78 is 10.7. The number of urea groups is 1. The van der Waals surface area contributed by atoms with Crippen molar-refractivity contribution in [3.05, 3.63) is 29.8 Å². The maximum atomic E-state index is 12.5. The molecule has 3 rings (SSSR count). The molecule has 2 aliphatic heterocycles. The average molecular weight is 347 g/mol. The van der Waals surface area contributed by atoms with E-state index >= 15 is 0 Å². The molecule has 0 saturated carbocycles. The summed E-state index contributed by atoms with van der Waals surface area (Å²) >= 11 is 0. The first-order valence-corrected chi connectivity index (χ1v) is 9.16. The van der Waals surface area contributed by atoms with Crippen LogP contribution in [0.15, 0.2) is 24.3 Å². The lowest BCUT2D eigenvalue weighted by Crippen LogP contribution is -2.46. The van der Waals surface area contributed by atoms with Gasteiger partial charge in [-0.3, -0.25) is 4.90 Å². The number of amides is 2. The second kappa shape index (κ2) is 8.54. The molecule has 0 bridgehead atoms. The van der Waals surface area contributed by atoms with Crippen molar-refractivity contribution in [2.24, 2.45) is 5.92 Å². The monoisotopic (exact) mass is 347 g/mol. The van der Waals surface area contributed by atoms with E-state index in [1.165, 1.54) is 5.56 Å².